The average molecular weight is 315 g/mol. The largest absolute Gasteiger partial charge is 0.488 e. The van der Waals surface area contributed by atoms with Gasteiger partial charge in [0.15, 0.2) is 0 Å². The molecule has 2 aromatic rings. The fourth-order valence-electron chi connectivity index (χ4n) is 1.63. The standard InChI is InChI=1S/C14H9Cl2FO3/c15-10-2-1-3-12(13(10)14(18)19)20-7-8-4-5-9(17)6-11(8)16/h1-6H,7H2,(H,18,19). The molecule has 20 heavy (non-hydrogen) atoms. The molecule has 0 aliphatic rings. The Hall–Kier alpha value is -1.78. The topological polar surface area (TPSA) is 46.5 Å². The zero-order valence-corrected chi connectivity index (χ0v) is 11.6. The maximum atomic E-state index is 12.9. The minimum Gasteiger partial charge on any atom is -0.488 e. The molecule has 0 atom stereocenters. The van der Waals surface area contributed by atoms with Crippen LogP contribution >= 0.6 is 23.2 Å². The zero-order chi connectivity index (χ0) is 14.7. The lowest BCUT2D eigenvalue weighted by molar-refractivity contribution is 0.0692. The third kappa shape index (κ3) is 3.21. The average Bonchev–Trinajstić information content (AvgIpc) is 2.37. The van der Waals surface area contributed by atoms with Crippen LogP contribution in [0.3, 0.4) is 0 Å². The highest BCUT2D eigenvalue weighted by atomic mass is 35.5. The molecule has 0 radical (unpaired) electrons. The lowest BCUT2D eigenvalue weighted by atomic mass is 10.2. The van der Waals surface area contributed by atoms with Gasteiger partial charge in [0.05, 0.1) is 10.0 Å². The molecule has 1 N–H and O–H groups in total. The number of aromatic carboxylic acids is 1. The number of benzene rings is 2. The highest BCUT2D eigenvalue weighted by Gasteiger charge is 2.16. The van der Waals surface area contributed by atoms with Crippen LogP contribution in [0.15, 0.2) is 36.4 Å². The van der Waals surface area contributed by atoms with E-state index in [1.54, 1.807) is 6.07 Å². The first-order chi connectivity index (χ1) is 9.49. The van der Waals surface area contributed by atoms with Crippen LogP contribution in [0.25, 0.3) is 0 Å². The molecule has 0 aromatic heterocycles. The highest BCUT2D eigenvalue weighted by molar-refractivity contribution is 6.33. The van der Waals surface area contributed by atoms with Crippen molar-refractivity contribution in [2.45, 2.75) is 6.61 Å². The summed E-state index contributed by atoms with van der Waals surface area (Å²) in [5, 5.41) is 9.39. The molecule has 0 heterocycles. The lowest BCUT2D eigenvalue weighted by Crippen LogP contribution is -2.04. The summed E-state index contributed by atoms with van der Waals surface area (Å²) < 4.78 is 18.3. The van der Waals surface area contributed by atoms with Crippen molar-refractivity contribution in [2.24, 2.45) is 0 Å². The number of carbonyl (C=O) groups is 1. The van der Waals surface area contributed by atoms with Gasteiger partial charge >= 0.3 is 5.97 Å². The van der Waals surface area contributed by atoms with Crippen LogP contribution in [0.1, 0.15) is 15.9 Å². The molecule has 0 aliphatic carbocycles. The summed E-state index contributed by atoms with van der Waals surface area (Å²) in [4.78, 5) is 11.1. The Labute approximate surface area is 124 Å². The second-order valence-electron chi connectivity index (χ2n) is 3.94. The van der Waals surface area contributed by atoms with E-state index in [1.165, 1.54) is 24.3 Å². The van der Waals surface area contributed by atoms with Crippen LogP contribution in [-0.4, -0.2) is 11.1 Å². The van der Waals surface area contributed by atoms with Gasteiger partial charge in [0, 0.05) is 5.56 Å². The van der Waals surface area contributed by atoms with Gasteiger partial charge in [-0.25, -0.2) is 9.18 Å². The molecule has 0 spiro atoms. The number of halogens is 3. The molecule has 0 unspecified atom stereocenters. The summed E-state index contributed by atoms with van der Waals surface area (Å²) in [6.07, 6.45) is 0. The summed E-state index contributed by atoms with van der Waals surface area (Å²) in [7, 11) is 0. The van der Waals surface area contributed by atoms with Gasteiger partial charge in [-0.1, -0.05) is 35.3 Å². The van der Waals surface area contributed by atoms with Crippen molar-refractivity contribution in [1.82, 2.24) is 0 Å². The van der Waals surface area contributed by atoms with E-state index in [0.29, 0.717) is 5.56 Å². The molecule has 3 nitrogen and oxygen atoms in total. The Balaban J connectivity index is 2.23. The van der Waals surface area contributed by atoms with Crippen molar-refractivity contribution in [3.63, 3.8) is 0 Å². The van der Waals surface area contributed by atoms with Crippen molar-refractivity contribution >= 4 is 29.2 Å². The number of hydrogen-bond acceptors (Lipinski definition) is 2. The van der Waals surface area contributed by atoms with Crippen LogP contribution in [0.5, 0.6) is 5.75 Å². The van der Waals surface area contributed by atoms with Crippen LogP contribution in [0.4, 0.5) is 4.39 Å². The Kier molecular flexibility index (Phi) is 4.47. The Morgan fingerprint density at radius 3 is 2.60 bits per heavy atom. The quantitative estimate of drug-likeness (QED) is 0.909. The third-order valence-electron chi connectivity index (χ3n) is 2.59. The molecular weight excluding hydrogens is 306 g/mol. The van der Waals surface area contributed by atoms with E-state index < -0.39 is 11.8 Å². The minimum atomic E-state index is -1.18. The SMILES string of the molecule is O=C(O)c1c(Cl)cccc1OCc1ccc(F)cc1Cl. The van der Waals surface area contributed by atoms with Gasteiger partial charge in [-0.3, -0.25) is 0 Å². The van der Waals surface area contributed by atoms with Gasteiger partial charge in [-0.05, 0) is 24.3 Å². The monoisotopic (exact) mass is 314 g/mol. The molecule has 104 valence electrons. The van der Waals surface area contributed by atoms with Gasteiger partial charge in [-0.15, -0.1) is 0 Å². The second kappa shape index (κ2) is 6.11. The first kappa shape index (κ1) is 14.6. The lowest BCUT2D eigenvalue weighted by Gasteiger charge is -2.11. The van der Waals surface area contributed by atoms with Crippen molar-refractivity contribution in [3.05, 3.63) is 63.4 Å². The van der Waals surface area contributed by atoms with E-state index in [0.717, 1.165) is 6.07 Å². The molecule has 0 saturated carbocycles. The maximum Gasteiger partial charge on any atom is 0.341 e. The van der Waals surface area contributed by atoms with Crippen molar-refractivity contribution in [2.75, 3.05) is 0 Å². The fourth-order valence-corrected chi connectivity index (χ4v) is 2.09. The van der Waals surface area contributed by atoms with E-state index in [9.17, 15) is 9.18 Å². The number of carboxylic acids is 1. The molecule has 0 saturated heterocycles. The Morgan fingerprint density at radius 2 is 1.95 bits per heavy atom. The van der Waals surface area contributed by atoms with Crippen LogP contribution in [-0.2, 0) is 6.61 Å². The van der Waals surface area contributed by atoms with Crippen molar-refractivity contribution in [3.8, 4) is 5.75 Å². The number of rotatable bonds is 4. The zero-order valence-electron chi connectivity index (χ0n) is 10.1. The van der Waals surface area contributed by atoms with Crippen molar-refractivity contribution in [1.29, 1.82) is 0 Å². The summed E-state index contributed by atoms with van der Waals surface area (Å²) in [5.41, 5.74) is 0.428. The molecule has 0 fully saturated rings. The third-order valence-corrected chi connectivity index (χ3v) is 3.25. The number of ether oxygens (including phenoxy) is 1. The van der Waals surface area contributed by atoms with E-state index in [2.05, 4.69) is 0 Å². The van der Waals surface area contributed by atoms with Crippen LogP contribution in [0.2, 0.25) is 10.0 Å². The number of carboxylic acid groups (broad SMARTS) is 1. The summed E-state index contributed by atoms with van der Waals surface area (Å²) in [6.45, 7) is 0.0136. The normalized spacial score (nSPS) is 10.3. The first-order valence-electron chi connectivity index (χ1n) is 5.57. The second-order valence-corrected chi connectivity index (χ2v) is 4.76. The van der Waals surface area contributed by atoms with Crippen LogP contribution < -0.4 is 4.74 Å². The molecule has 6 heteroatoms. The molecule has 2 rings (SSSR count). The van der Waals surface area contributed by atoms with Gasteiger partial charge in [-0.2, -0.15) is 0 Å². The highest BCUT2D eigenvalue weighted by Crippen LogP contribution is 2.28. The predicted octanol–water partition coefficient (Wildman–Crippen LogP) is 4.41. The fraction of sp³-hybridized carbons (Fsp3) is 0.0714. The van der Waals surface area contributed by atoms with E-state index in [4.69, 9.17) is 33.0 Å². The summed E-state index contributed by atoms with van der Waals surface area (Å²) in [6, 6.07) is 8.42. The van der Waals surface area contributed by atoms with E-state index >= 15 is 0 Å². The van der Waals surface area contributed by atoms with Crippen LogP contribution in [0, 0.1) is 5.82 Å². The predicted molar refractivity (Wildman–Crippen MR) is 74.2 cm³/mol. The minimum absolute atomic E-state index is 0.0136. The molecular formula is C14H9Cl2FO3. The molecule has 2 aromatic carbocycles. The van der Waals surface area contributed by atoms with Gasteiger partial charge in [0.25, 0.3) is 0 Å². The summed E-state index contributed by atoms with van der Waals surface area (Å²) >= 11 is 11.7. The van der Waals surface area contributed by atoms with Gasteiger partial charge < -0.3 is 9.84 Å². The molecule has 0 amide bonds. The Morgan fingerprint density at radius 1 is 1.20 bits per heavy atom. The Bertz CT molecular complexity index is 659. The number of hydrogen-bond donors (Lipinski definition) is 1. The van der Waals surface area contributed by atoms with Gasteiger partial charge in [0.2, 0.25) is 0 Å². The van der Waals surface area contributed by atoms with E-state index in [1.807, 2.05) is 0 Å². The molecule has 0 bridgehead atoms. The first-order valence-corrected chi connectivity index (χ1v) is 6.33. The van der Waals surface area contributed by atoms with Gasteiger partial charge in [0.1, 0.15) is 23.7 Å². The maximum absolute atomic E-state index is 12.9. The summed E-state index contributed by atoms with van der Waals surface area (Å²) in [5.74, 6) is -1.51. The van der Waals surface area contributed by atoms with E-state index in [-0.39, 0.29) is 28.0 Å². The van der Waals surface area contributed by atoms with Crippen molar-refractivity contribution < 1.29 is 19.0 Å². The smallest absolute Gasteiger partial charge is 0.341 e. The molecule has 0 aliphatic heterocycles.